The minimum Gasteiger partial charge on any atom is -0.447 e. The van der Waals surface area contributed by atoms with Gasteiger partial charge in [0.2, 0.25) is 0 Å². The lowest BCUT2D eigenvalue weighted by molar-refractivity contribution is -0.199. The van der Waals surface area contributed by atoms with Crippen molar-refractivity contribution in [2.24, 2.45) is 17.3 Å². The van der Waals surface area contributed by atoms with Crippen LogP contribution >= 0.6 is 0 Å². The fourth-order valence-corrected chi connectivity index (χ4v) is 7.25. The van der Waals surface area contributed by atoms with E-state index in [1.807, 2.05) is 51.1 Å². The van der Waals surface area contributed by atoms with Crippen LogP contribution in [-0.2, 0) is 25.2 Å². The van der Waals surface area contributed by atoms with E-state index in [1.165, 1.54) is 6.42 Å². The molecule has 5 fully saturated rings. The van der Waals surface area contributed by atoms with Crippen molar-refractivity contribution in [1.29, 1.82) is 0 Å². The molecule has 0 spiro atoms. The molecule has 6 atom stereocenters. The third kappa shape index (κ3) is 5.80. The number of hydrogen-bond acceptors (Lipinski definition) is 6. The maximum atomic E-state index is 13.1. The van der Waals surface area contributed by atoms with Gasteiger partial charge in [0, 0.05) is 6.54 Å². The van der Waals surface area contributed by atoms with Crippen molar-refractivity contribution >= 4 is 19.3 Å². The topological polar surface area (TPSA) is 86.3 Å². The number of rotatable bonds is 6. The van der Waals surface area contributed by atoms with Crippen molar-refractivity contribution in [2.45, 2.75) is 109 Å². The highest BCUT2D eigenvalue weighted by atomic mass is 16.7. The SMILES string of the molecule is CC(C)(C)OC(=O)N1CCCCC1COC(=O)N[C@@H](Cc1ccccc1)B1O[C@@H]2C[C@@H]3C[C@@H](C3(C)C)[C@]2(C)O1. The lowest BCUT2D eigenvalue weighted by Gasteiger charge is -2.64. The Morgan fingerprint density at radius 3 is 2.59 bits per heavy atom. The molecule has 2 bridgehead atoms. The van der Waals surface area contributed by atoms with Crippen LogP contribution in [0.5, 0.6) is 0 Å². The number of piperidine rings is 1. The summed E-state index contributed by atoms with van der Waals surface area (Å²) in [6.07, 6.45) is 4.53. The van der Waals surface area contributed by atoms with Crippen LogP contribution in [0, 0.1) is 17.3 Å². The Morgan fingerprint density at radius 2 is 1.90 bits per heavy atom. The average molecular weight is 541 g/mol. The van der Waals surface area contributed by atoms with Crippen LogP contribution in [0.3, 0.4) is 0 Å². The van der Waals surface area contributed by atoms with Crippen molar-refractivity contribution in [3.8, 4) is 0 Å². The summed E-state index contributed by atoms with van der Waals surface area (Å²) in [6, 6.07) is 9.85. The summed E-state index contributed by atoms with van der Waals surface area (Å²) >= 11 is 0. The van der Waals surface area contributed by atoms with Crippen LogP contribution in [0.15, 0.2) is 30.3 Å². The van der Waals surface area contributed by atoms with E-state index in [1.54, 1.807) is 4.90 Å². The minimum absolute atomic E-state index is 0.0278. The van der Waals surface area contributed by atoms with Gasteiger partial charge in [-0.3, -0.25) is 0 Å². The Hall–Kier alpha value is -2.26. The number of amides is 2. The molecular weight excluding hydrogens is 495 g/mol. The molecule has 1 aromatic rings. The standard InChI is InChI=1S/C30H45BN2O6/c1-28(2,3)37-27(35)33-15-11-10-14-22(33)19-36-26(34)32-25(16-20-12-8-7-9-13-20)31-38-24-18-21-17-23(29(21,4)5)30(24,6)39-31/h7-9,12-13,21-25H,10-11,14-19H2,1-6H3,(H,32,34)/t21-,22?,23-,24+,25-,30-/m0/s1. The van der Waals surface area contributed by atoms with E-state index in [9.17, 15) is 9.59 Å². The van der Waals surface area contributed by atoms with E-state index in [2.05, 4.69) is 26.1 Å². The number of hydrogen-bond donors (Lipinski definition) is 1. The number of nitrogens with zero attached hydrogens (tertiary/aromatic N) is 1. The summed E-state index contributed by atoms with van der Waals surface area (Å²) < 4.78 is 24.5. The van der Waals surface area contributed by atoms with Crippen LogP contribution in [0.1, 0.15) is 79.2 Å². The largest absolute Gasteiger partial charge is 0.482 e. The molecule has 8 nitrogen and oxygen atoms in total. The summed E-state index contributed by atoms with van der Waals surface area (Å²) in [6.45, 7) is 13.2. The Kier molecular flexibility index (Phi) is 7.70. The Morgan fingerprint density at radius 1 is 1.15 bits per heavy atom. The average Bonchev–Trinajstić information content (AvgIpc) is 3.24. The summed E-state index contributed by atoms with van der Waals surface area (Å²) in [4.78, 5) is 27.6. The fraction of sp³-hybridized carbons (Fsp3) is 0.733. The van der Waals surface area contributed by atoms with Gasteiger partial charge in [-0.2, -0.15) is 0 Å². The predicted molar refractivity (Wildman–Crippen MR) is 149 cm³/mol. The molecule has 5 aliphatic rings. The highest BCUT2D eigenvalue weighted by Crippen LogP contribution is 2.65. The van der Waals surface area contributed by atoms with Gasteiger partial charge < -0.3 is 29.0 Å². The van der Waals surface area contributed by atoms with Crippen LogP contribution in [0.4, 0.5) is 9.59 Å². The molecule has 2 amide bonds. The summed E-state index contributed by atoms with van der Waals surface area (Å²) in [5.41, 5.74) is 0.389. The number of nitrogens with one attached hydrogen (secondary N) is 1. The Balaban J connectivity index is 1.24. The molecule has 2 saturated heterocycles. The summed E-state index contributed by atoms with van der Waals surface area (Å²) in [7, 11) is -0.559. The molecule has 1 aromatic carbocycles. The molecule has 2 aliphatic heterocycles. The van der Waals surface area contributed by atoms with Crippen molar-refractivity contribution in [1.82, 2.24) is 10.2 Å². The lowest BCUT2D eigenvalue weighted by atomic mass is 9.43. The number of benzene rings is 1. The number of carbonyl (C=O) groups is 2. The van der Waals surface area contributed by atoms with Gasteiger partial charge >= 0.3 is 19.3 Å². The Labute approximate surface area is 233 Å². The van der Waals surface area contributed by atoms with Gasteiger partial charge in [-0.25, -0.2) is 9.59 Å². The van der Waals surface area contributed by atoms with Gasteiger partial charge in [0.1, 0.15) is 12.2 Å². The van der Waals surface area contributed by atoms with E-state index < -0.39 is 24.8 Å². The highest BCUT2D eigenvalue weighted by molar-refractivity contribution is 6.47. The van der Waals surface area contributed by atoms with Gasteiger partial charge in [-0.15, -0.1) is 0 Å². The second-order valence-corrected chi connectivity index (χ2v) is 13.7. The zero-order valence-corrected chi connectivity index (χ0v) is 24.4. The molecule has 1 unspecified atom stereocenters. The second-order valence-electron chi connectivity index (χ2n) is 13.7. The second kappa shape index (κ2) is 10.6. The quantitative estimate of drug-likeness (QED) is 0.488. The predicted octanol–water partition coefficient (Wildman–Crippen LogP) is 5.38. The third-order valence-electron chi connectivity index (χ3n) is 9.56. The van der Waals surface area contributed by atoms with Crippen LogP contribution in [0.2, 0.25) is 0 Å². The van der Waals surface area contributed by atoms with Crippen molar-refractivity contribution in [3.05, 3.63) is 35.9 Å². The molecule has 0 radical (unpaired) electrons. The molecule has 2 heterocycles. The number of likely N-dealkylation sites (tertiary alicyclic amines) is 1. The molecule has 1 N–H and O–H groups in total. The van der Waals surface area contributed by atoms with E-state index in [0.29, 0.717) is 24.8 Å². The lowest BCUT2D eigenvalue weighted by Crippen LogP contribution is -2.65. The summed E-state index contributed by atoms with van der Waals surface area (Å²) in [5.74, 6) is 0.681. The fourth-order valence-electron chi connectivity index (χ4n) is 7.25. The smallest absolute Gasteiger partial charge is 0.447 e. The minimum atomic E-state index is -0.577. The monoisotopic (exact) mass is 540 g/mol. The van der Waals surface area contributed by atoms with E-state index in [0.717, 1.165) is 31.2 Å². The van der Waals surface area contributed by atoms with Crippen molar-refractivity contribution in [2.75, 3.05) is 13.2 Å². The number of ether oxygens (including phenoxy) is 2. The molecule has 6 rings (SSSR count). The van der Waals surface area contributed by atoms with E-state index >= 15 is 0 Å². The maximum Gasteiger partial charge on any atom is 0.482 e. The first-order chi connectivity index (χ1) is 18.4. The molecule has 9 heteroatoms. The van der Waals surface area contributed by atoms with Gasteiger partial charge in [0.05, 0.1) is 23.7 Å². The number of carbonyl (C=O) groups excluding carboxylic acids is 2. The van der Waals surface area contributed by atoms with Crippen molar-refractivity contribution in [3.63, 3.8) is 0 Å². The first-order valence-electron chi connectivity index (χ1n) is 14.7. The van der Waals surface area contributed by atoms with Gasteiger partial charge in [-0.1, -0.05) is 44.2 Å². The molecule has 214 valence electrons. The Bertz CT molecular complexity index is 1050. The van der Waals surface area contributed by atoms with Gasteiger partial charge in [-0.05, 0) is 89.0 Å². The van der Waals surface area contributed by atoms with Crippen LogP contribution in [-0.4, -0.2) is 66.6 Å². The van der Waals surface area contributed by atoms with Gasteiger partial charge in [0.15, 0.2) is 0 Å². The first kappa shape index (κ1) is 28.3. The molecule has 3 aliphatic carbocycles. The highest BCUT2D eigenvalue weighted by Gasteiger charge is 2.68. The zero-order chi connectivity index (χ0) is 28.0. The van der Waals surface area contributed by atoms with Crippen molar-refractivity contribution < 1.29 is 28.4 Å². The molecule has 39 heavy (non-hydrogen) atoms. The first-order valence-corrected chi connectivity index (χ1v) is 14.7. The normalized spacial score (nSPS) is 32.1. The third-order valence-corrected chi connectivity index (χ3v) is 9.56. The van der Waals surface area contributed by atoms with Crippen LogP contribution in [0.25, 0.3) is 0 Å². The van der Waals surface area contributed by atoms with E-state index in [-0.39, 0.29) is 35.9 Å². The zero-order valence-electron chi connectivity index (χ0n) is 24.4. The molecular formula is C30H45BN2O6. The molecule has 0 aromatic heterocycles. The van der Waals surface area contributed by atoms with E-state index in [4.69, 9.17) is 18.8 Å². The maximum absolute atomic E-state index is 13.1. The summed E-state index contributed by atoms with van der Waals surface area (Å²) in [5, 5.41) is 3.06. The van der Waals surface area contributed by atoms with Crippen LogP contribution < -0.4 is 5.32 Å². The molecule has 3 saturated carbocycles. The number of alkyl carbamates (subject to hydrolysis) is 1. The van der Waals surface area contributed by atoms with Gasteiger partial charge in [0.25, 0.3) is 0 Å².